The van der Waals surface area contributed by atoms with Crippen molar-refractivity contribution in [3.8, 4) is 5.75 Å². The molecule has 0 aromatic heterocycles. The molecule has 4 rings (SSSR count). The number of aliphatic hydroxyl groups is 2. The number of aromatic hydroxyl groups is 1. The number of hydrogen-bond donors (Lipinski definition) is 3. The summed E-state index contributed by atoms with van der Waals surface area (Å²) in [5, 5.41) is 32.1. The van der Waals surface area contributed by atoms with Crippen LogP contribution in [0.1, 0.15) is 43.7 Å². The van der Waals surface area contributed by atoms with Crippen molar-refractivity contribution in [2.24, 2.45) is 11.8 Å². The van der Waals surface area contributed by atoms with Crippen LogP contribution in [0.15, 0.2) is 42.3 Å². The van der Waals surface area contributed by atoms with Crippen LogP contribution in [0, 0.1) is 11.8 Å². The minimum atomic E-state index is -1.83. The Bertz CT molecular complexity index is 805. The van der Waals surface area contributed by atoms with E-state index >= 15 is 0 Å². The van der Waals surface area contributed by atoms with Gasteiger partial charge in [0, 0.05) is 5.41 Å². The molecule has 0 saturated heterocycles. The molecule has 1 fully saturated rings. The van der Waals surface area contributed by atoms with Gasteiger partial charge in [-0.3, -0.25) is 0 Å². The van der Waals surface area contributed by atoms with Crippen LogP contribution in [0.25, 0.3) is 0 Å². The summed E-state index contributed by atoms with van der Waals surface area (Å²) in [6.45, 7) is 2.05. The molecular weight excluding hydrogens is 350 g/mol. The van der Waals surface area contributed by atoms with Gasteiger partial charge in [-0.05, 0) is 73.4 Å². The van der Waals surface area contributed by atoms with Gasteiger partial charge in [0.1, 0.15) is 23.3 Å². The third kappa shape index (κ3) is 2.66. The second-order valence-electron chi connectivity index (χ2n) is 8.36. The topological polar surface area (TPSA) is 60.7 Å². The maximum Gasteiger partial charge on any atom is 0.131 e. The molecule has 0 spiro atoms. The second-order valence-corrected chi connectivity index (χ2v) is 8.36. The molecule has 0 bridgehead atoms. The molecule has 0 aliphatic heterocycles. The number of hydrogen-bond acceptors (Lipinski definition) is 3. The van der Waals surface area contributed by atoms with E-state index in [1.165, 1.54) is 18.2 Å². The average molecular weight is 376 g/mol. The number of halogens is 2. The monoisotopic (exact) mass is 376 g/mol. The lowest BCUT2D eigenvalue weighted by Gasteiger charge is -2.56. The van der Waals surface area contributed by atoms with Crippen LogP contribution in [0.2, 0.25) is 0 Å². The zero-order valence-electron chi connectivity index (χ0n) is 15.4. The number of allylic oxidation sites excluding steroid dienone is 3. The highest BCUT2D eigenvalue weighted by atomic mass is 19.1. The Balaban J connectivity index is 1.74. The fourth-order valence-electron chi connectivity index (χ4n) is 5.82. The van der Waals surface area contributed by atoms with Gasteiger partial charge in [0.2, 0.25) is 0 Å². The molecule has 2 unspecified atom stereocenters. The summed E-state index contributed by atoms with van der Waals surface area (Å²) in [7, 11) is 0. The molecule has 1 aromatic rings. The summed E-state index contributed by atoms with van der Waals surface area (Å²) in [5.41, 5.74) is -0.0522. The number of phenols is 1. The summed E-state index contributed by atoms with van der Waals surface area (Å²) < 4.78 is 29.0. The Hall–Kier alpha value is -1.72. The third-order valence-electron chi connectivity index (χ3n) is 7.21. The molecule has 27 heavy (non-hydrogen) atoms. The minimum Gasteiger partial charge on any atom is -0.508 e. The number of rotatable bonds is 2. The molecule has 5 heteroatoms. The molecule has 6 atom stereocenters. The molecule has 3 nitrogen and oxygen atoms in total. The first-order valence-corrected chi connectivity index (χ1v) is 9.72. The summed E-state index contributed by atoms with van der Waals surface area (Å²) in [6, 6.07) is 5.32. The lowest BCUT2D eigenvalue weighted by Crippen LogP contribution is -2.62. The lowest BCUT2D eigenvalue weighted by molar-refractivity contribution is -0.174. The quantitative estimate of drug-likeness (QED) is 0.734. The Morgan fingerprint density at radius 1 is 1.26 bits per heavy atom. The van der Waals surface area contributed by atoms with Crippen LogP contribution in [-0.2, 0) is 11.8 Å². The lowest BCUT2D eigenvalue weighted by atomic mass is 9.50. The molecule has 0 radical (unpaired) electrons. The predicted octanol–water partition coefficient (Wildman–Crippen LogP) is 3.87. The van der Waals surface area contributed by atoms with Crippen LogP contribution in [0.5, 0.6) is 5.75 Å². The number of benzene rings is 1. The maximum atomic E-state index is 14.5. The molecule has 1 aromatic carbocycles. The number of aryl methyl sites for hydroxylation is 1. The smallest absolute Gasteiger partial charge is 0.131 e. The van der Waals surface area contributed by atoms with E-state index < -0.39 is 29.6 Å². The number of fused-ring (bicyclic) bond motifs is 3. The molecule has 146 valence electrons. The van der Waals surface area contributed by atoms with Crippen molar-refractivity contribution in [1.82, 2.24) is 0 Å². The van der Waals surface area contributed by atoms with Gasteiger partial charge in [-0.2, -0.15) is 0 Å². The van der Waals surface area contributed by atoms with E-state index in [1.54, 1.807) is 12.1 Å². The van der Waals surface area contributed by atoms with Crippen molar-refractivity contribution in [3.05, 3.63) is 53.4 Å². The summed E-state index contributed by atoms with van der Waals surface area (Å²) >= 11 is 0. The van der Waals surface area contributed by atoms with Crippen LogP contribution in [-0.4, -0.2) is 33.2 Å². The van der Waals surface area contributed by atoms with Gasteiger partial charge in [-0.15, -0.1) is 0 Å². The van der Waals surface area contributed by atoms with E-state index in [0.717, 1.165) is 30.4 Å². The number of alkyl halides is 1. The largest absolute Gasteiger partial charge is 0.508 e. The zero-order valence-corrected chi connectivity index (χ0v) is 15.4. The standard InChI is InChI=1S/C22H26F2O3/c1-2-21-12-19(26)22(27,20-17(23)4-3-5-18(20)24)11-14(21)7-6-13-10-15(25)8-9-16(13)21/h3-5,8-10,14,17,19-20,25-27H,2,6-7,11-12H2,1H3/t14-,17?,19+,20?,21-,22+/m1/s1. The molecule has 3 aliphatic carbocycles. The fraction of sp³-hybridized carbons (Fsp3) is 0.545. The predicted molar refractivity (Wildman–Crippen MR) is 98.8 cm³/mol. The summed E-state index contributed by atoms with van der Waals surface area (Å²) in [5.74, 6) is -1.85. The van der Waals surface area contributed by atoms with Crippen molar-refractivity contribution < 1.29 is 24.1 Å². The van der Waals surface area contributed by atoms with Crippen molar-refractivity contribution in [3.63, 3.8) is 0 Å². The van der Waals surface area contributed by atoms with E-state index in [-0.39, 0.29) is 29.9 Å². The van der Waals surface area contributed by atoms with Crippen LogP contribution < -0.4 is 0 Å². The molecule has 1 saturated carbocycles. The normalized spacial score (nSPS) is 40.9. The minimum absolute atomic E-state index is 0.0128. The first-order chi connectivity index (χ1) is 12.8. The van der Waals surface area contributed by atoms with Gasteiger partial charge in [-0.25, -0.2) is 8.78 Å². The Labute approximate surface area is 158 Å². The Morgan fingerprint density at radius 2 is 2.04 bits per heavy atom. The molecule has 3 aliphatic rings. The Morgan fingerprint density at radius 3 is 2.74 bits per heavy atom. The Kier molecular flexibility index (Phi) is 4.43. The third-order valence-corrected chi connectivity index (χ3v) is 7.21. The number of aliphatic hydroxyl groups excluding tert-OH is 1. The molecular formula is C22H26F2O3. The van der Waals surface area contributed by atoms with E-state index in [4.69, 9.17) is 0 Å². The van der Waals surface area contributed by atoms with Crippen molar-refractivity contribution in [1.29, 1.82) is 0 Å². The van der Waals surface area contributed by atoms with Gasteiger partial charge in [0.25, 0.3) is 0 Å². The fourth-order valence-corrected chi connectivity index (χ4v) is 5.82. The van der Waals surface area contributed by atoms with Gasteiger partial charge in [0.15, 0.2) is 0 Å². The average Bonchev–Trinajstić information content (AvgIpc) is 2.62. The summed E-state index contributed by atoms with van der Waals surface area (Å²) in [4.78, 5) is 0. The second kappa shape index (κ2) is 6.42. The van der Waals surface area contributed by atoms with Crippen molar-refractivity contribution in [2.45, 2.75) is 62.3 Å². The number of phenolic OH excluding ortho intramolecular Hbond substituents is 1. The first-order valence-electron chi connectivity index (χ1n) is 9.72. The highest BCUT2D eigenvalue weighted by molar-refractivity contribution is 5.44. The maximum absolute atomic E-state index is 14.5. The van der Waals surface area contributed by atoms with Gasteiger partial charge in [-0.1, -0.05) is 19.1 Å². The first kappa shape index (κ1) is 18.6. The summed E-state index contributed by atoms with van der Waals surface area (Å²) in [6.07, 6.45) is 3.49. The molecule has 0 amide bonds. The molecule has 0 heterocycles. The van der Waals surface area contributed by atoms with Crippen molar-refractivity contribution in [2.75, 3.05) is 0 Å². The van der Waals surface area contributed by atoms with E-state index in [0.29, 0.717) is 0 Å². The van der Waals surface area contributed by atoms with Gasteiger partial charge < -0.3 is 15.3 Å². The van der Waals surface area contributed by atoms with Crippen LogP contribution >= 0.6 is 0 Å². The van der Waals surface area contributed by atoms with Crippen LogP contribution in [0.4, 0.5) is 8.78 Å². The highest BCUT2D eigenvalue weighted by Crippen LogP contribution is 2.57. The van der Waals surface area contributed by atoms with E-state index in [9.17, 15) is 24.1 Å². The zero-order chi connectivity index (χ0) is 19.4. The highest BCUT2D eigenvalue weighted by Gasteiger charge is 2.59. The molecule has 3 N–H and O–H groups in total. The van der Waals surface area contributed by atoms with Crippen molar-refractivity contribution >= 4 is 0 Å². The SMILES string of the molecule is CC[C@@]12C[C@H](O)[C@](O)(C3C(F)=CC=CC3F)C[C@H]1CCc1cc(O)ccc12. The van der Waals surface area contributed by atoms with E-state index in [2.05, 4.69) is 0 Å². The van der Waals surface area contributed by atoms with E-state index in [1.807, 2.05) is 13.0 Å². The van der Waals surface area contributed by atoms with Gasteiger partial charge in [0.05, 0.1) is 12.0 Å². The van der Waals surface area contributed by atoms with Crippen LogP contribution in [0.3, 0.4) is 0 Å². The van der Waals surface area contributed by atoms with Gasteiger partial charge >= 0.3 is 0 Å².